The summed E-state index contributed by atoms with van der Waals surface area (Å²) in [5.74, 6) is 1.16. The topological polar surface area (TPSA) is 65.4 Å². The normalized spacial score (nSPS) is 17.3. The maximum absolute atomic E-state index is 12.8. The second-order valence-electron chi connectivity index (χ2n) is 8.86. The van der Waals surface area contributed by atoms with Crippen molar-refractivity contribution in [1.82, 2.24) is 14.9 Å². The van der Waals surface area contributed by atoms with Crippen LogP contribution >= 0.6 is 11.6 Å². The number of aromatic nitrogens is 2. The van der Waals surface area contributed by atoms with E-state index in [4.69, 9.17) is 21.1 Å². The van der Waals surface area contributed by atoms with Crippen molar-refractivity contribution in [3.05, 3.63) is 92.6 Å². The molecule has 1 N–H and O–H groups in total. The average molecular weight is 478 g/mol. The lowest BCUT2D eigenvalue weighted by Gasteiger charge is -2.19. The summed E-state index contributed by atoms with van der Waals surface area (Å²) in [5, 5.41) is 4.14. The van der Waals surface area contributed by atoms with Crippen molar-refractivity contribution in [3.63, 3.8) is 0 Å². The fourth-order valence-electron chi connectivity index (χ4n) is 4.43. The predicted molar refractivity (Wildman–Crippen MR) is 134 cm³/mol. The number of rotatable bonds is 8. The molecule has 34 heavy (non-hydrogen) atoms. The fourth-order valence-corrected chi connectivity index (χ4v) is 4.54. The lowest BCUT2D eigenvalue weighted by Crippen LogP contribution is -2.22. The first-order chi connectivity index (χ1) is 16.6. The number of nitrogens with zero attached hydrogens (tertiary/aromatic N) is 2. The second kappa shape index (κ2) is 10.6. The summed E-state index contributed by atoms with van der Waals surface area (Å²) in [6.07, 6.45) is 8.37. The van der Waals surface area contributed by atoms with Crippen LogP contribution < -0.4 is 15.6 Å². The number of hydrogen-bond acceptors (Lipinski definition) is 5. The van der Waals surface area contributed by atoms with E-state index < -0.39 is 0 Å². The van der Waals surface area contributed by atoms with Gasteiger partial charge in [-0.3, -0.25) is 14.3 Å². The van der Waals surface area contributed by atoms with E-state index in [1.54, 1.807) is 29.1 Å². The van der Waals surface area contributed by atoms with Crippen LogP contribution in [0.4, 0.5) is 0 Å². The Morgan fingerprint density at radius 2 is 2.12 bits per heavy atom. The third-order valence-electron chi connectivity index (χ3n) is 6.34. The van der Waals surface area contributed by atoms with Crippen LogP contribution in [0.1, 0.15) is 35.2 Å². The Morgan fingerprint density at radius 3 is 2.91 bits per heavy atom. The Balaban J connectivity index is 1.22. The number of aryl methyl sites for hydroxylation is 1. The molecule has 1 unspecified atom stereocenters. The maximum Gasteiger partial charge on any atom is 0.258 e. The zero-order chi connectivity index (χ0) is 23.3. The van der Waals surface area contributed by atoms with E-state index >= 15 is 0 Å². The minimum absolute atomic E-state index is 0.104. The van der Waals surface area contributed by atoms with Crippen LogP contribution in [0.2, 0.25) is 5.02 Å². The number of benzene rings is 1. The zero-order valence-electron chi connectivity index (χ0n) is 19.0. The Labute approximate surface area is 204 Å². The molecular weight excluding hydrogens is 450 g/mol. The van der Waals surface area contributed by atoms with Crippen LogP contribution in [0.25, 0.3) is 11.8 Å². The summed E-state index contributed by atoms with van der Waals surface area (Å²) < 4.78 is 12.9. The van der Waals surface area contributed by atoms with Gasteiger partial charge in [-0.15, -0.1) is 0 Å². The van der Waals surface area contributed by atoms with Gasteiger partial charge in [0.15, 0.2) is 0 Å². The van der Waals surface area contributed by atoms with Gasteiger partial charge in [-0.25, -0.2) is 0 Å². The van der Waals surface area contributed by atoms with Crippen molar-refractivity contribution in [1.29, 1.82) is 0 Å². The summed E-state index contributed by atoms with van der Waals surface area (Å²) in [5.41, 5.74) is 5.44. The molecule has 0 saturated carbocycles. The van der Waals surface area contributed by atoms with Gasteiger partial charge in [-0.2, -0.15) is 0 Å². The molecule has 0 amide bonds. The SMILES string of the molecule is O=c1cc(OCc2ccc(Cl)cn2)ccn1C1=Cc2ccc(CNCC3CCOC3)cc2CC1. The van der Waals surface area contributed by atoms with Gasteiger partial charge >= 0.3 is 0 Å². The molecule has 0 bridgehead atoms. The molecule has 0 radical (unpaired) electrons. The van der Waals surface area contributed by atoms with Gasteiger partial charge in [0, 0.05) is 43.9 Å². The molecule has 1 fully saturated rings. The molecule has 0 spiro atoms. The zero-order valence-corrected chi connectivity index (χ0v) is 19.8. The molecule has 3 aromatic rings. The Morgan fingerprint density at radius 1 is 1.18 bits per heavy atom. The number of hydrogen-bond donors (Lipinski definition) is 1. The number of halogens is 1. The maximum atomic E-state index is 12.8. The van der Waals surface area contributed by atoms with Crippen LogP contribution in [0.5, 0.6) is 5.75 Å². The van der Waals surface area contributed by atoms with Crippen LogP contribution in [-0.4, -0.2) is 29.3 Å². The smallest absolute Gasteiger partial charge is 0.258 e. The Kier molecular flexibility index (Phi) is 7.09. The molecule has 1 atom stereocenters. The van der Waals surface area contributed by atoms with E-state index in [0.29, 0.717) is 16.7 Å². The molecule has 2 aliphatic rings. The van der Waals surface area contributed by atoms with E-state index in [-0.39, 0.29) is 12.2 Å². The monoisotopic (exact) mass is 477 g/mol. The van der Waals surface area contributed by atoms with E-state index in [2.05, 4.69) is 34.6 Å². The van der Waals surface area contributed by atoms with E-state index in [9.17, 15) is 4.79 Å². The number of allylic oxidation sites excluding steroid dienone is 1. The summed E-state index contributed by atoms with van der Waals surface area (Å²) in [6, 6.07) is 13.5. The molecule has 5 rings (SSSR count). The molecule has 3 heterocycles. The van der Waals surface area contributed by atoms with Crippen molar-refractivity contribution in [2.75, 3.05) is 19.8 Å². The van der Waals surface area contributed by atoms with Crippen molar-refractivity contribution in [3.8, 4) is 5.75 Å². The lowest BCUT2D eigenvalue weighted by atomic mass is 9.93. The summed E-state index contributed by atoms with van der Waals surface area (Å²) >= 11 is 5.86. The average Bonchev–Trinajstić information content (AvgIpc) is 3.37. The van der Waals surface area contributed by atoms with Crippen LogP contribution in [0.3, 0.4) is 0 Å². The van der Waals surface area contributed by atoms with Crippen molar-refractivity contribution in [2.45, 2.75) is 32.4 Å². The molecule has 2 aromatic heterocycles. The van der Waals surface area contributed by atoms with Gasteiger partial charge in [0.05, 0.1) is 17.3 Å². The van der Waals surface area contributed by atoms with Gasteiger partial charge in [0.2, 0.25) is 0 Å². The lowest BCUT2D eigenvalue weighted by molar-refractivity contribution is 0.185. The highest BCUT2D eigenvalue weighted by Gasteiger charge is 2.16. The van der Waals surface area contributed by atoms with Gasteiger partial charge in [-0.05, 0) is 66.1 Å². The van der Waals surface area contributed by atoms with E-state index in [1.165, 1.54) is 22.8 Å². The first-order valence-electron chi connectivity index (χ1n) is 11.7. The highest BCUT2D eigenvalue weighted by atomic mass is 35.5. The Hall–Kier alpha value is -2.93. The van der Waals surface area contributed by atoms with Crippen molar-refractivity contribution >= 4 is 23.4 Å². The Bertz CT molecular complexity index is 1230. The van der Waals surface area contributed by atoms with Crippen LogP contribution in [-0.2, 0) is 24.3 Å². The molecule has 1 saturated heterocycles. The molecule has 7 heteroatoms. The van der Waals surface area contributed by atoms with Gasteiger partial charge in [0.25, 0.3) is 5.56 Å². The van der Waals surface area contributed by atoms with Crippen molar-refractivity contribution < 1.29 is 9.47 Å². The summed E-state index contributed by atoms with van der Waals surface area (Å²) in [7, 11) is 0. The fraction of sp³-hybridized carbons (Fsp3) is 0.333. The van der Waals surface area contributed by atoms with Crippen LogP contribution in [0.15, 0.2) is 59.7 Å². The third-order valence-corrected chi connectivity index (χ3v) is 6.57. The number of fused-ring (bicyclic) bond motifs is 1. The van der Waals surface area contributed by atoms with Gasteiger partial charge < -0.3 is 14.8 Å². The minimum Gasteiger partial charge on any atom is -0.487 e. The third kappa shape index (κ3) is 5.58. The highest BCUT2D eigenvalue weighted by Crippen LogP contribution is 2.27. The largest absolute Gasteiger partial charge is 0.487 e. The minimum atomic E-state index is -0.104. The van der Waals surface area contributed by atoms with Gasteiger partial charge in [0.1, 0.15) is 12.4 Å². The van der Waals surface area contributed by atoms with Crippen molar-refractivity contribution in [2.24, 2.45) is 5.92 Å². The summed E-state index contributed by atoms with van der Waals surface area (Å²) in [6.45, 7) is 3.91. The standard InChI is InChI=1S/C27H28ClN3O3/c28-23-4-5-24(30-16-23)18-34-26-7-9-31(27(32)13-26)25-6-3-21-11-19(1-2-22(21)12-25)14-29-15-20-8-10-33-17-20/h1-2,4-5,7,9,11-13,16,20,29H,3,6,8,10,14-15,17-18H2. The molecule has 6 nitrogen and oxygen atoms in total. The second-order valence-corrected chi connectivity index (χ2v) is 9.29. The number of nitrogens with one attached hydrogen (secondary N) is 1. The number of ether oxygens (including phenoxy) is 2. The number of pyridine rings is 2. The molecular formula is C27H28ClN3O3. The molecule has 1 aromatic carbocycles. The van der Waals surface area contributed by atoms with E-state index in [1.807, 2.05) is 6.07 Å². The first-order valence-corrected chi connectivity index (χ1v) is 12.1. The molecule has 1 aliphatic carbocycles. The first kappa shape index (κ1) is 22.8. The predicted octanol–water partition coefficient (Wildman–Crippen LogP) is 4.55. The quantitative estimate of drug-likeness (QED) is 0.515. The summed E-state index contributed by atoms with van der Waals surface area (Å²) in [4.78, 5) is 17.0. The molecule has 176 valence electrons. The van der Waals surface area contributed by atoms with Gasteiger partial charge in [-0.1, -0.05) is 29.8 Å². The van der Waals surface area contributed by atoms with Crippen LogP contribution in [0, 0.1) is 5.92 Å². The van der Waals surface area contributed by atoms with E-state index in [0.717, 1.165) is 57.0 Å². The molecule has 1 aliphatic heterocycles. The highest BCUT2D eigenvalue weighted by molar-refractivity contribution is 6.30.